The predicted molar refractivity (Wildman–Crippen MR) is 117 cm³/mol. The molecule has 0 aliphatic rings. The number of aromatic nitrogens is 4. The summed E-state index contributed by atoms with van der Waals surface area (Å²) in [6, 6.07) is 11.4. The van der Waals surface area contributed by atoms with E-state index in [0.29, 0.717) is 23.6 Å². The van der Waals surface area contributed by atoms with E-state index in [9.17, 15) is 14.4 Å². The number of ether oxygens (including phenoxy) is 1. The lowest BCUT2D eigenvalue weighted by molar-refractivity contribution is -0.116. The molecule has 9 heteroatoms. The summed E-state index contributed by atoms with van der Waals surface area (Å²) >= 11 is 0. The summed E-state index contributed by atoms with van der Waals surface area (Å²) in [6.07, 6.45) is 7.05. The molecule has 0 fully saturated rings. The van der Waals surface area contributed by atoms with Gasteiger partial charge in [0.15, 0.2) is 0 Å². The molecule has 1 amide bonds. The maximum atomic E-state index is 12.5. The van der Waals surface area contributed by atoms with Crippen LogP contribution >= 0.6 is 0 Å². The fraction of sp³-hybridized carbons (Fsp3) is 0.174. The third-order valence-electron chi connectivity index (χ3n) is 4.75. The van der Waals surface area contributed by atoms with E-state index in [1.54, 1.807) is 59.8 Å². The molecule has 9 nitrogen and oxygen atoms in total. The standard InChI is InChI=1S/C23H21N5O4/c1-16-5-6-20-25-19(12-22(30)28(20)13-16)14-32-23(31)17-3-2-4-18(11-17)26-21(29)7-9-27-10-8-24-15-27/h2-6,8,10-13,15H,7,9,14H2,1H3,(H,26,29). The second-order valence-corrected chi connectivity index (χ2v) is 7.28. The molecular formula is C23H21N5O4. The van der Waals surface area contributed by atoms with Crippen LogP contribution in [0.15, 0.2) is 72.2 Å². The Kier molecular flexibility index (Phi) is 6.07. The van der Waals surface area contributed by atoms with E-state index in [4.69, 9.17) is 4.74 Å². The van der Waals surface area contributed by atoms with Gasteiger partial charge in [-0.1, -0.05) is 12.1 Å². The van der Waals surface area contributed by atoms with Crippen LogP contribution in [0.4, 0.5) is 5.69 Å². The van der Waals surface area contributed by atoms with Crippen molar-refractivity contribution in [2.75, 3.05) is 5.32 Å². The van der Waals surface area contributed by atoms with Gasteiger partial charge < -0.3 is 14.6 Å². The van der Waals surface area contributed by atoms with Crippen LogP contribution < -0.4 is 10.9 Å². The third kappa shape index (κ3) is 5.07. The lowest BCUT2D eigenvalue weighted by Crippen LogP contribution is -2.17. The highest BCUT2D eigenvalue weighted by Crippen LogP contribution is 2.13. The van der Waals surface area contributed by atoms with Crippen molar-refractivity contribution >= 4 is 23.2 Å². The average molecular weight is 431 g/mol. The Balaban J connectivity index is 1.37. The second kappa shape index (κ2) is 9.25. The number of aryl methyl sites for hydroxylation is 2. The number of imidazole rings is 1. The smallest absolute Gasteiger partial charge is 0.338 e. The van der Waals surface area contributed by atoms with E-state index >= 15 is 0 Å². The van der Waals surface area contributed by atoms with Gasteiger partial charge in [0.2, 0.25) is 5.91 Å². The van der Waals surface area contributed by atoms with Gasteiger partial charge in [-0.25, -0.2) is 14.8 Å². The molecule has 1 N–H and O–H groups in total. The zero-order chi connectivity index (χ0) is 22.5. The SMILES string of the molecule is Cc1ccc2nc(COC(=O)c3cccc(NC(=O)CCn4ccnc4)c3)cc(=O)n2c1. The Morgan fingerprint density at radius 3 is 2.84 bits per heavy atom. The molecule has 32 heavy (non-hydrogen) atoms. The quantitative estimate of drug-likeness (QED) is 0.451. The van der Waals surface area contributed by atoms with Crippen molar-refractivity contribution in [3.8, 4) is 0 Å². The Bertz CT molecular complexity index is 1330. The molecule has 162 valence electrons. The minimum atomic E-state index is -0.578. The molecule has 0 saturated heterocycles. The molecule has 0 aliphatic heterocycles. The minimum absolute atomic E-state index is 0.139. The number of amides is 1. The maximum absolute atomic E-state index is 12.5. The number of carbonyl (C=O) groups excluding carboxylic acids is 2. The first-order valence-corrected chi connectivity index (χ1v) is 10.00. The molecular weight excluding hydrogens is 410 g/mol. The first-order valence-electron chi connectivity index (χ1n) is 10.00. The zero-order valence-corrected chi connectivity index (χ0v) is 17.4. The Morgan fingerprint density at radius 2 is 2.03 bits per heavy atom. The number of carbonyl (C=O) groups is 2. The van der Waals surface area contributed by atoms with Gasteiger partial charge in [-0.2, -0.15) is 0 Å². The highest BCUT2D eigenvalue weighted by Gasteiger charge is 2.11. The summed E-state index contributed by atoms with van der Waals surface area (Å²) in [6.45, 7) is 2.25. The van der Waals surface area contributed by atoms with Crippen LogP contribution in [0.1, 0.15) is 28.0 Å². The molecule has 1 aromatic carbocycles. The number of nitrogens with one attached hydrogen (secondary N) is 1. The summed E-state index contributed by atoms with van der Waals surface area (Å²) in [5.74, 6) is -0.759. The second-order valence-electron chi connectivity index (χ2n) is 7.28. The first kappa shape index (κ1) is 21.0. The lowest BCUT2D eigenvalue weighted by atomic mass is 10.2. The first-order chi connectivity index (χ1) is 15.5. The van der Waals surface area contributed by atoms with Crippen LogP contribution in [0.5, 0.6) is 0 Å². The van der Waals surface area contributed by atoms with Crippen LogP contribution in [0, 0.1) is 6.92 Å². The minimum Gasteiger partial charge on any atom is -0.456 e. The monoisotopic (exact) mass is 431 g/mol. The van der Waals surface area contributed by atoms with Crippen molar-refractivity contribution in [1.29, 1.82) is 0 Å². The molecule has 3 heterocycles. The number of rotatable bonds is 7. The van der Waals surface area contributed by atoms with E-state index in [1.807, 2.05) is 13.0 Å². The van der Waals surface area contributed by atoms with Gasteiger partial charge in [-0.15, -0.1) is 0 Å². The van der Waals surface area contributed by atoms with Gasteiger partial charge >= 0.3 is 5.97 Å². The predicted octanol–water partition coefficient (Wildman–Crippen LogP) is 2.59. The average Bonchev–Trinajstić information content (AvgIpc) is 3.30. The summed E-state index contributed by atoms with van der Waals surface area (Å²) in [5.41, 5.74) is 2.31. The van der Waals surface area contributed by atoms with Crippen LogP contribution in [0.2, 0.25) is 0 Å². The fourth-order valence-electron chi connectivity index (χ4n) is 3.15. The summed E-state index contributed by atoms with van der Waals surface area (Å²) in [5, 5.41) is 2.77. The summed E-state index contributed by atoms with van der Waals surface area (Å²) in [7, 11) is 0. The number of nitrogens with zero attached hydrogens (tertiary/aromatic N) is 4. The highest BCUT2D eigenvalue weighted by atomic mass is 16.5. The molecule has 0 bridgehead atoms. The van der Waals surface area contributed by atoms with E-state index in [1.165, 1.54) is 10.5 Å². The molecule has 4 rings (SSSR count). The van der Waals surface area contributed by atoms with E-state index < -0.39 is 5.97 Å². The molecule has 0 radical (unpaired) electrons. The number of hydrogen-bond acceptors (Lipinski definition) is 6. The van der Waals surface area contributed by atoms with Gasteiger partial charge in [0.1, 0.15) is 12.3 Å². The van der Waals surface area contributed by atoms with Crippen LogP contribution in [0.3, 0.4) is 0 Å². The largest absolute Gasteiger partial charge is 0.456 e. The van der Waals surface area contributed by atoms with Crippen molar-refractivity contribution in [3.63, 3.8) is 0 Å². The molecule has 0 aliphatic carbocycles. The van der Waals surface area contributed by atoms with Crippen LogP contribution in [-0.2, 0) is 22.7 Å². The number of fused-ring (bicyclic) bond motifs is 1. The topological polar surface area (TPSA) is 108 Å². The lowest BCUT2D eigenvalue weighted by Gasteiger charge is -2.09. The third-order valence-corrected chi connectivity index (χ3v) is 4.75. The molecule has 4 aromatic rings. The normalized spacial score (nSPS) is 10.8. The summed E-state index contributed by atoms with van der Waals surface area (Å²) in [4.78, 5) is 45.2. The van der Waals surface area contributed by atoms with E-state index in [-0.39, 0.29) is 30.1 Å². The van der Waals surface area contributed by atoms with E-state index in [2.05, 4.69) is 15.3 Å². The van der Waals surface area contributed by atoms with Crippen molar-refractivity contribution in [1.82, 2.24) is 18.9 Å². The zero-order valence-electron chi connectivity index (χ0n) is 17.4. The van der Waals surface area contributed by atoms with Crippen molar-refractivity contribution in [3.05, 3.63) is 94.6 Å². The number of anilines is 1. The molecule has 0 spiro atoms. The Hall–Kier alpha value is -4.27. The highest BCUT2D eigenvalue weighted by molar-refractivity contribution is 5.94. The van der Waals surface area contributed by atoms with E-state index in [0.717, 1.165) is 5.56 Å². The summed E-state index contributed by atoms with van der Waals surface area (Å²) < 4.78 is 8.58. The van der Waals surface area contributed by atoms with Crippen molar-refractivity contribution in [2.45, 2.75) is 26.5 Å². The van der Waals surface area contributed by atoms with Crippen LogP contribution in [-0.4, -0.2) is 30.8 Å². The van der Waals surface area contributed by atoms with Gasteiger partial charge in [0.05, 0.1) is 17.6 Å². The molecule has 0 unspecified atom stereocenters. The Morgan fingerprint density at radius 1 is 1.16 bits per heavy atom. The molecule has 3 aromatic heterocycles. The fourth-order valence-corrected chi connectivity index (χ4v) is 3.15. The van der Waals surface area contributed by atoms with Crippen LogP contribution in [0.25, 0.3) is 5.65 Å². The number of benzene rings is 1. The van der Waals surface area contributed by atoms with Gasteiger partial charge in [0.25, 0.3) is 5.56 Å². The van der Waals surface area contributed by atoms with Gasteiger partial charge in [-0.3, -0.25) is 14.0 Å². The van der Waals surface area contributed by atoms with Gasteiger partial charge in [0, 0.05) is 43.3 Å². The van der Waals surface area contributed by atoms with Crippen molar-refractivity contribution in [2.24, 2.45) is 0 Å². The number of hydrogen-bond donors (Lipinski definition) is 1. The molecule has 0 atom stereocenters. The number of pyridine rings is 1. The van der Waals surface area contributed by atoms with Gasteiger partial charge in [-0.05, 0) is 36.8 Å². The maximum Gasteiger partial charge on any atom is 0.338 e. The molecule has 0 saturated carbocycles. The number of esters is 1. The van der Waals surface area contributed by atoms with Crippen molar-refractivity contribution < 1.29 is 14.3 Å². The Labute approximate surface area is 183 Å².